The molecule has 0 spiro atoms. The number of nitrogens with one attached hydrogen (secondary N) is 1. The van der Waals surface area contributed by atoms with E-state index in [9.17, 15) is 8.78 Å². The summed E-state index contributed by atoms with van der Waals surface area (Å²) in [7, 11) is 1.33. The minimum Gasteiger partial charge on any atom is -0.494 e. The van der Waals surface area contributed by atoms with Gasteiger partial charge < -0.3 is 9.72 Å². The second-order valence-electron chi connectivity index (χ2n) is 3.38. The highest BCUT2D eigenvalue weighted by Gasteiger charge is 2.22. The monoisotopic (exact) mass is 443 g/mol. The second kappa shape index (κ2) is 5.30. The SMILES string of the molecule is COc1ccc(F)c(-c2[nH]c(Br)c(Br)c2Br)c1F. The van der Waals surface area contributed by atoms with Crippen LogP contribution >= 0.6 is 47.8 Å². The zero-order valence-electron chi connectivity index (χ0n) is 8.95. The summed E-state index contributed by atoms with van der Waals surface area (Å²) in [5.41, 5.74) is 0.121. The molecule has 0 fully saturated rings. The van der Waals surface area contributed by atoms with Crippen molar-refractivity contribution in [3.63, 3.8) is 0 Å². The lowest BCUT2D eigenvalue weighted by molar-refractivity contribution is 0.385. The first-order valence-electron chi connectivity index (χ1n) is 4.72. The summed E-state index contributed by atoms with van der Waals surface area (Å²) in [6, 6.07) is 2.40. The van der Waals surface area contributed by atoms with E-state index in [1.54, 1.807) is 0 Å². The molecule has 0 saturated carbocycles. The van der Waals surface area contributed by atoms with Gasteiger partial charge in [-0.05, 0) is 59.9 Å². The molecule has 2 nitrogen and oxygen atoms in total. The van der Waals surface area contributed by atoms with Crippen LogP contribution in [0.1, 0.15) is 0 Å². The number of aromatic amines is 1. The quantitative estimate of drug-likeness (QED) is 0.670. The van der Waals surface area contributed by atoms with Gasteiger partial charge in [0.2, 0.25) is 0 Å². The van der Waals surface area contributed by atoms with E-state index in [1.807, 2.05) is 0 Å². The minimum absolute atomic E-state index is 0.0138. The number of ether oxygens (including phenoxy) is 1. The van der Waals surface area contributed by atoms with Crippen LogP contribution in [0.4, 0.5) is 8.78 Å². The fourth-order valence-electron chi connectivity index (χ4n) is 1.52. The van der Waals surface area contributed by atoms with Crippen molar-refractivity contribution in [1.29, 1.82) is 0 Å². The Balaban J connectivity index is 2.74. The van der Waals surface area contributed by atoms with Crippen LogP contribution in [0, 0.1) is 11.6 Å². The molecule has 1 heterocycles. The fourth-order valence-corrected chi connectivity index (χ4v) is 2.97. The Bertz CT molecular complexity index is 613. The van der Waals surface area contributed by atoms with Gasteiger partial charge in [0.25, 0.3) is 0 Å². The number of hydrogen-bond acceptors (Lipinski definition) is 1. The number of aromatic nitrogens is 1. The van der Waals surface area contributed by atoms with Gasteiger partial charge in [0, 0.05) is 0 Å². The molecule has 0 atom stereocenters. The summed E-state index contributed by atoms with van der Waals surface area (Å²) in [6.45, 7) is 0. The largest absolute Gasteiger partial charge is 0.494 e. The van der Waals surface area contributed by atoms with Gasteiger partial charge in [0.1, 0.15) is 5.82 Å². The lowest BCUT2D eigenvalue weighted by Crippen LogP contribution is -1.95. The molecule has 1 aromatic carbocycles. The first-order valence-corrected chi connectivity index (χ1v) is 7.10. The molecule has 96 valence electrons. The van der Waals surface area contributed by atoms with Gasteiger partial charge in [0.05, 0.1) is 31.9 Å². The highest BCUT2D eigenvalue weighted by molar-refractivity contribution is 9.14. The maximum absolute atomic E-state index is 14.1. The molecule has 18 heavy (non-hydrogen) atoms. The summed E-state index contributed by atoms with van der Waals surface area (Å²) in [6.07, 6.45) is 0. The van der Waals surface area contributed by atoms with E-state index in [-0.39, 0.29) is 11.3 Å². The number of rotatable bonds is 2. The Morgan fingerprint density at radius 2 is 1.78 bits per heavy atom. The van der Waals surface area contributed by atoms with Gasteiger partial charge in [-0.2, -0.15) is 0 Å². The molecule has 0 saturated heterocycles. The predicted molar refractivity (Wildman–Crippen MR) is 75.8 cm³/mol. The third kappa shape index (κ3) is 2.23. The van der Waals surface area contributed by atoms with E-state index in [0.717, 1.165) is 6.07 Å². The molecular weight excluding hydrogens is 440 g/mol. The average molecular weight is 446 g/mol. The first kappa shape index (κ1) is 14.0. The average Bonchev–Trinajstić information content (AvgIpc) is 2.58. The van der Waals surface area contributed by atoms with Crippen molar-refractivity contribution in [3.05, 3.63) is 37.3 Å². The van der Waals surface area contributed by atoms with Crippen LogP contribution in [0.5, 0.6) is 5.75 Å². The zero-order valence-corrected chi connectivity index (χ0v) is 13.7. The van der Waals surface area contributed by atoms with E-state index < -0.39 is 11.6 Å². The minimum atomic E-state index is -0.751. The second-order valence-corrected chi connectivity index (χ2v) is 5.76. The Morgan fingerprint density at radius 3 is 2.28 bits per heavy atom. The molecule has 1 N–H and O–H groups in total. The molecule has 0 radical (unpaired) electrons. The van der Waals surface area contributed by atoms with Crippen LogP contribution in [0.3, 0.4) is 0 Å². The number of halogens is 5. The van der Waals surface area contributed by atoms with E-state index in [0.29, 0.717) is 19.2 Å². The van der Waals surface area contributed by atoms with Crippen molar-refractivity contribution in [1.82, 2.24) is 4.98 Å². The number of hydrogen-bond donors (Lipinski definition) is 1. The normalized spacial score (nSPS) is 10.8. The van der Waals surface area contributed by atoms with Gasteiger partial charge in [-0.25, -0.2) is 8.78 Å². The predicted octanol–water partition coefficient (Wildman–Crippen LogP) is 5.26. The summed E-state index contributed by atoms with van der Waals surface area (Å²) in [5.74, 6) is -1.44. The molecule has 1 aromatic heterocycles. The van der Waals surface area contributed by atoms with Gasteiger partial charge in [0.15, 0.2) is 11.6 Å². The van der Waals surface area contributed by atoms with Crippen LogP contribution in [0.15, 0.2) is 25.7 Å². The Hall–Kier alpha value is -0.400. The van der Waals surface area contributed by atoms with Crippen molar-refractivity contribution in [3.8, 4) is 17.0 Å². The summed E-state index contributed by atoms with van der Waals surface area (Å²) < 4.78 is 34.5. The topological polar surface area (TPSA) is 25.0 Å². The summed E-state index contributed by atoms with van der Waals surface area (Å²) in [5, 5.41) is 0. The number of benzene rings is 1. The van der Waals surface area contributed by atoms with E-state index in [1.165, 1.54) is 13.2 Å². The molecule has 0 amide bonds. The Labute approximate surface area is 127 Å². The van der Waals surface area contributed by atoms with E-state index in [2.05, 4.69) is 52.8 Å². The van der Waals surface area contributed by atoms with Crippen LogP contribution in [-0.2, 0) is 0 Å². The first-order chi connectivity index (χ1) is 8.47. The highest BCUT2D eigenvalue weighted by Crippen LogP contribution is 2.42. The molecule has 0 unspecified atom stereocenters. The standard InChI is InChI=1S/C11H6Br3F2NO/c1-18-5-3-2-4(15)6(9(5)16)10-7(12)8(13)11(14)17-10/h2-3,17H,1H3. The summed E-state index contributed by atoms with van der Waals surface area (Å²) >= 11 is 9.79. The lowest BCUT2D eigenvalue weighted by Gasteiger charge is -2.08. The molecule has 0 bridgehead atoms. The summed E-state index contributed by atoms with van der Waals surface area (Å²) in [4.78, 5) is 2.85. The molecule has 0 aliphatic heterocycles. The van der Waals surface area contributed by atoms with Crippen molar-refractivity contribution in [2.75, 3.05) is 7.11 Å². The van der Waals surface area contributed by atoms with Gasteiger partial charge >= 0.3 is 0 Å². The van der Waals surface area contributed by atoms with E-state index in [4.69, 9.17) is 4.74 Å². The van der Waals surface area contributed by atoms with Gasteiger partial charge in [-0.1, -0.05) is 0 Å². The zero-order chi connectivity index (χ0) is 13.4. The van der Waals surface area contributed by atoms with Gasteiger partial charge in [-0.15, -0.1) is 0 Å². The van der Waals surface area contributed by atoms with Crippen molar-refractivity contribution in [2.24, 2.45) is 0 Å². The van der Waals surface area contributed by atoms with Crippen molar-refractivity contribution >= 4 is 47.8 Å². The molecule has 2 rings (SSSR count). The molecule has 0 aliphatic rings. The van der Waals surface area contributed by atoms with Crippen LogP contribution in [0.2, 0.25) is 0 Å². The smallest absolute Gasteiger partial charge is 0.177 e. The molecule has 7 heteroatoms. The van der Waals surface area contributed by atoms with Gasteiger partial charge in [-0.3, -0.25) is 0 Å². The van der Waals surface area contributed by atoms with Crippen molar-refractivity contribution < 1.29 is 13.5 Å². The maximum atomic E-state index is 14.1. The van der Waals surface area contributed by atoms with Crippen LogP contribution in [0.25, 0.3) is 11.3 Å². The third-order valence-electron chi connectivity index (χ3n) is 2.37. The van der Waals surface area contributed by atoms with Crippen LogP contribution < -0.4 is 4.74 Å². The highest BCUT2D eigenvalue weighted by atomic mass is 79.9. The number of H-pyrrole nitrogens is 1. The number of methoxy groups -OCH3 is 1. The molecular formula is C11H6Br3F2NO. The molecule has 2 aromatic rings. The van der Waals surface area contributed by atoms with E-state index >= 15 is 0 Å². The van der Waals surface area contributed by atoms with Crippen molar-refractivity contribution in [2.45, 2.75) is 0 Å². The Morgan fingerprint density at radius 1 is 1.11 bits per heavy atom. The lowest BCUT2D eigenvalue weighted by atomic mass is 10.1. The Kier molecular flexibility index (Phi) is 4.13. The maximum Gasteiger partial charge on any atom is 0.177 e. The third-order valence-corrected chi connectivity index (χ3v) is 5.61. The van der Waals surface area contributed by atoms with Crippen LogP contribution in [-0.4, -0.2) is 12.1 Å². The molecule has 0 aliphatic carbocycles. The fraction of sp³-hybridized carbons (Fsp3) is 0.0909.